The van der Waals surface area contributed by atoms with Crippen LogP contribution in [0, 0.1) is 0 Å². The topological polar surface area (TPSA) is 30.5 Å². The minimum atomic E-state index is 0.339. The van der Waals surface area contributed by atoms with Gasteiger partial charge in [-0.25, -0.2) is 0 Å². The number of rotatable bonds is 3. The largest absolute Gasteiger partial charge is 0.497 e. The van der Waals surface area contributed by atoms with E-state index < -0.39 is 0 Å². The lowest BCUT2D eigenvalue weighted by atomic mass is 10.0. The zero-order chi connectivity index (χ0) is 12.3. The lowest BCUT2D eigenvalue weighted by Gasteiger charge is -2.29. The maximum Gasteiger partial charge on any atom is 0.121 e. The van der Waals surface area contributed by atoms with Gasteiger partial charge in [-0.15, -0.1) is 0 Å². The molecule has 2 atom stereocenters. The summed E-state index contributed by atoms with van der Waals surface area (Å²) in [5.74, 6) is 0.871. The van der Waals surface area contributed by atoms with E-state index in [9.17, 15) is 0 Å². The van der Waals surface area contributed by atoms with Crippen molar-refractivity contribution >= 4 is 21.6 Å². The zero-order valence-corrected chi connectivity index (χ0v) is 11.8. The summed E-state index contributed by atoms with van der Waals surface area (Å²) in [6, 6.07) is 6.44. The summed E-state index contributed by atoms with van der Waals surface area (Å²) in [5, 5.41) is 3.55. The Balaban J connectivity index is 2.06. The molecule has 0 amide bonds. The van der Waals surface area contributed by atoms with Gasteiger partial charge in [-0.2, -0.15) is 0 Å². The molecule has 1 aromatic rings. The SMILES string of the molecule is COc1ccc(Br)c(NC2CCOC(C)C2)c1. The third-order valence-electron chi connectivity index (χ3n) is 3.02. The molecule has 3 nitrogen and oxygen atoms in total. The Bertz CT molecular complexity index is 384. The molecular weight excluding hydrogens is 282 g/mol. The Morgan fingerprint density at radius 2 is 2.29 bits per heavy atom. The molecule has 1 heterocycles. The number of hydrogen-bond acceptors (Lipinski definition) is 3. The molecule has 0 radical (unpaired) electrons. The number of ether oxygens (including phenoxy) is 2. The highest BCUT2D eigenvalue weighted by atomic mass is 79.9. The summed E-state index contributed by atoms with van der Waals surface area (Å²) in [6.45, 7) is 2.95. The maximum absolute atomic E-state index is 5.54. The van der Waals surface area contributed by atoms with Crippen molar-refractivity contribution in [3.05, 3.63) is 22.7 Å². The second kappa shape index (κ2) is 5.74. The zero-order valence-electron chi connectivity index (χ0n) is 10.2. The standard InChI is InChI=1S/C13H18BrNO2/c1-9-7-10(5-6-17-9)15-13-8-11(16-2)3-4-12(13)14/h3-4,8-10,15H,5-7H2,1-2H3. The molecule has 0 saturated carbocycles. The van der Waals surface area contributed by atoms with Crippen LogP contribution in [0.25, 0.3) is 0 Å². The van der Waals surface area contributed by atoms with Gasteiger partial charge in [0.2, 0.25) is 0 Å². The van der Waals surface area contributed by atoms with E-state index in [4.69, 9.17) is 9.47 Å². The quantitative estimate of drug-likeness (QED) is 0.927. The molecule has 1 N–H and O–H groups in total. The van der Waals surface area contributed by atoms with E-state index >= 15 is 0 Å². The van der Waals surface area contributed by atoms with Crippen molar-refractivity contribution in [2.24, 2.45) is 0 Å². The minimum absolute atomic E-state index is 0.339. The minimum Gasteiger partial charge on any atom is -0.497 e. The number of nitrogens with one attached hydrogen (secondary N) is 1. The average molecular weight is 300 g/mol. The van der Waals surface area contributed by atoms with Gasteiger partial charge in [-0.05, 0) is 47.8 Å². The van der Waals surface area contributed by atoms with Crippen molar-refractivity contribution in [1.29, 1.82) is 0 Å². The van der Waals surface area contributed by atoms with Gasteiger partial charge in [-0.3, -0.25) is 0 Å². The molecule has 0 aromatic heterocycles. The van der Waals surface area contributed by atoms with E-state index in [0.29, 0.717) is 12.1 Å². The van der Waals surface area contributed by atoms with Crippen molar-refractivity contribution in [1.82, 2.24) is 0 Å². The summed E-state index contributed by atoms with van der Waals surface area (Å²) in [4.78, 5) is 0. The Kier molecular flexibility index (Phi) is 4.29. The van der Waals surface area contributed by atoms with Crippen molar-refractivity contribution in [3.63, 3.8) is 0 Å². The first-order valence-electron chi connectivity index (χ1n) is 5.90. The molecule has 2 unspecified atom stereocenters. The highest BCUT2D eigenvalue weighted by molar-refractivity contribution is 9.10. The summed E-state index contributed by atoms with van der Waals surface area (Å²) >= 11 is 3.55. The number of halogens is 1. The molecule has 0 bridgehead atoms. The molecule has 94 valence electrons. The Labute approximate surface area is 111 Å². The molecular formula is C13H18BrNO2. The van der Waals surface area contributed by atoms with Crippen LogP contribution in [0.4, 0.5) is 5.69 Å². The van der Waals surface area contributed by atoms with Crippen molar-refractivity contribution < 1.29 is 9.47 Å². The number of methoxy groups -OCH3 is 1. The first-order valence-corrected chi connectivity index (χ1v) is 6.70. The van der Waals surface area contributed by atoms with E-state index in [-0.39, 0.29) is 0 Å². The molecule has 1 aliphatic rings. The van der Waals surface area contributed by atoms with Crippen LogP contribution in [0.2, 0.25) is 0 Å². The molecule has 0 aliphatic carbocycles. The second-order valence-electron chi connectivity index (χ2n) is 4.39. The summed E-state index contributed by atoms with van der Waals surface area (Å²) in [5.41, 5.74) is 1.09. The van der Waals surface area contributed by atoms with Gasteiger partial charge >= 0.3 is 0 Å². The fraction of sp³-hybridized carbons (Fsp3) is 0.538. The van der Waals surface area contributed by atoms with Crippen LogP contribution < -0.4 is 10.1 Å². The van der Waals surface area contributed by atoms with E-state index in [1.165, 1.54) is 0 Å². The molecule has 4 heteroatoms. The van der Waals surface area contributed by atoms with Gasteiger partial charge in [0.05, 0.1) is 18.9 Å². The van der Waals surface area contributed by atoms with Gasteiger partial charge in [0, 0.05) is 23.2 Å². The third-order valence-corrected chi connectivity index (χ3v) is 3.71. The first kappa shape index (κ1) is 12.7. The molecule has 1 saturated heterocycles. The van der Waals surface area contributed by atoms with Crippen molar-refractivity contribution in [2.45, 2.75) is 31.9 Å². The predicted molar refractivity (Wildman–Crippen MR) is 72.8 cm³/mol. The van der Waals surface area contributed by atoms with Crippen LogP contribution in [0.15, 0.2) is 22.7 Å². The number of hydrogen-bond donors (Lipinski definition) is 1. The van der Waals surface area contributed by atoms with E-state index in [1.54, 1.807) is 7.11 Å². The van der Waals surface area contributed by atoms with Crippen molar-refractivity contribution in [2.75, 3.05) is 19.0 Å². The van der Waals surface area contributed by atoms with Crippen LogP contribution >= 0.6 is 15.9 Å². The second-order valence-corrected chi connectivity index (χ2v) is 5.25. The summed E-state index contributed by atoms with van der Waals surface area (Å²) in [7, 11) is 1.68. The number of benzene rings is 1. The highest BCUT2D eigenvalue weighted by Gasteiger charge is 2.19. The molecule has 1 aliphatic heterocycles. The van der Waals surface area contributed by atoms with Gasteiger partial charge < -0.3 is 14.8 Å². The van der Waals surface area contributed by atoms with E-state index in [1.807, 2.05) is 18.2 Å². The fourth-order valence-corrected chi connectivity index (χ4v) is 2.45. The van der Waals surface area contributed by atoms with Crippen LogP contribution in [0.1, 0.15) is 19.8 Å². The fourth-order valence-electron chi connectivity index (χ4n) is 2.09. The first-order chi connectivity index (χ1) is 8.19. The Morgan fingerprint density at radius 1 is 1.47 bits per heavy atom. The van der Waals surface area contributed by atoms with Gasteiger partial charge in [0.25, 0.3) is 0 Å². The molecule has 2 rings (SSSR count). The third kappa shape index (κ3) is 3.36. The van der Waals surface area contributed by atoms with Crippen molar-refractivity contribution in [3.8, 4) is 5.75 Å². The Morgan fingerprint density at radius 3 is 3.00 bits per heavy atom. The summed E-state index contributed by atoms with van der Waals surface area (Å²) < 4.78 is 11.8. The van der Waals surface area contributed by atoms with Gasteiger partial charge in [0.1, 0.15) is 5.75 Å². The monoisotopic (exact) mass is 299 g/mol. The molecule has 1 fully saturated rings. The molecule has 17 heavy (non-hydrogen) atoms. The van der Waals surface area contributed by atoms with Gasteiger partial charge in [0.15, 0.2) is 0 Å². The lowest BCUT2D eigenvalue weighted by molar-refractivity contribution is 0.0232. The van der Waals surface area contributed by atoms with Crippen LogP contribution in [0.5, 0.6) is 5.75 Å². The average Bonchev–Trinajstić information content (AvgIpc) is 2.32. The number of anilines is 1. The van der Waals surface area contributed by atoms with Gasteiger partial charge in [-0.1, -0.05) is 0 Å². The summed E-state index contributed by atoms with van der Waals surface area (Å²) in [6.07, 6.45) is 2.43. The lowest BCUT2D eigenvalue weighted by Crippen LogP contribution is -2.32. The molecule has 0 spiro atoms. The van der Waals surface area contributed by atoms with Crippen LogP contribution in [-0.4, -0.2) is 25.9 Å². The highest BCUT2D eigenvalue weighted by Crippen LogP contribution is 2.29. The van der Waals surface area contributed by atoms with E-state index in [0.717, 1.165) is 35.4 Å². The Hall–Kier alpha value is -0.740. The van der Waals surface area contributed by atoms with Crippen LogP contribution in [-0.2, 0) is 4.74 Å². The normalized spacial score (nSPS) is 24.4. The van der Waals surface area contributed by atoms with Crippen LogP contribution in [0.3, 0.4) is 0 Å². The smallest absolute Gasteiger partial charge is 0.121 e. The van der Waals surface area contributed by atoms with E-state index in [2.05, 4.69) is 28.2 Å². The maximum atomic E-state index is 5.54. The predicted octanol–water partition coefficient (Wildman–Crippen LogP) is 3.44. The molecule has 1 aromatic carbocycles.